The second-order valence-corrected chi connectivity index (χ2v) is 5.98. The molecule has 2 aromatic carbocycles. The summed E-state index contributed by atoms with van der Waals surface area (Å²) in [4.78, 5) is 6.23. The molecule has 0 saturated heterocycles. The average Bonchev–Trinajstić information content (AvgIpc) is 2.89. The van der Waals surface area contributed by atoms with Crippen LogP contribution >= 0.6 is 0 Å². The SMILES string of the molecule is C#CCN(C)[C@H](C)Cc1ccccc1.C1=CNc2ccccc2C=N1. The van der Waals surface area contributed by atoms with E-state index in [0.29, 0.717) is 12.6 Å². The third-order valence-electron chi connectivity index (χ3n) is 4.04. The molecule has 0 radical (unpaired) electrons. The maximum Gasteiger partial charge on any atom is 0.0598 e. The molecule has 0 spiro atoms. The standard InChI is InChI=1S/C13H17N.C9H8N2/c1-4-10-14(3)12(2)11-13-8-6-5-7-9-13;1-2-4-9-8(3-1)7-10-5-6-11-9/h1,5-9,12H,10-11H2,2-3H3;1-7,11H/t12-;/m1./s1. The maximum atomic E-state index is 5.27. The largest absolute Gasteiger partial charge is 0.360 e. The van der Waals surface area contributed by atoms with E-state index in [2.05, 4.69) is 59.4 Å². The maximum absolute atomic E-state index is 5.27. The van der Waals surface area contributed by atoms with Crippen molar-refractivity contribution in [3.8, 4) is 12.3 Å². The Bertz CT molecular complexity index is 741. The molecule has 0 aromatic heterocycles. The van der Waals surface area contributed by atoms with E-state index in [4.69, 9.17) is 6.42 Å². The fraction of sp³-hybridized carbons (Fsp3) is 0.227. The summed E-state index contributed by atoms with van der Waals surface area (Å²) in [6, 6.07) is 19.0. The van der Waals surface area contributed by atoms with Gasteiger partial charge in [0, 0.05) is 35.9 Å². The van der Waals surface area contributed by atoms with Crippen molar-refractivity contribution in [2.24, 2.45) is 4.99 Å². The number of benzene rings is 2. The zero-order valence-corrected chi connectivity index (χ0v) is 14.9. The van der Waals surface area contributed by atoms with Crippen molar-refractivity contribution < 1.29 is 0 Å². The molecule has 25 heavy (non-hydrogen) atoms. The normalized spacial score (nSPS) is 12.9. The highest BCUT2D eigenvalue weighted by molar-refractivity contribution is 5.88. The van der Waals surface area contributed by atoms with E-state index in [0.717, 1.165) is 17.7 Å². The van der Waals surface area contributed by atoms with Gasteiger partial charge in [-0.2, -0.15) is 0 Å². The van der Waals surface area contributed by atoms with Crippen LogP contribution in [0.25, 0.3) is 0 Å². The minimum Gasteiger partial charge on any atom is -0.360 e. The van der Waals surface area contributed by atoms with Gasteiger partial charge in [-0.3, -0.25) is 9.89 Å². The molecule has 1 atom stereocenters. The molecule has 0 aliphatic carbocycles. The first-order chi connectivity index (χ1) is 12.2. The van der Waals surface area contributed by atoms with Crippen LogP contribution in [0.3, 0.4) is 0 Å². The molecule has 3 rings (SSSR count). The lowest BCUT2D eigenvalue weighted by Gasteiger charge is -2.22. The minimum absolute atomic E-state index is 0.494. The number of nitrogens with zero attached hydrogens (tertiary/aromatic N) is 2. The molecule has 128 valence electrons. The molecule has 1 aliphatic heterocycles. The molecule has 1 heterocycles. The van der Waals surface area contributed by atoms with E-state index in [9.17, 15) is 0 Å². The van der Waals surface area contributed by atoms with Crippen LogP contribution in [0.2, 0.25) is 0 Å². The number of anilines is 1. The van der Waals surface area contributed by atoms with Crippen LogP contribution in [0.5, 0.6) is 0 Å². The summed E-state index contributed by atoms with van der Waals surface area (Å²) in [5, 5.41) is 3.12. The van der Waals surface area contributed by atoms with Gasteiger partial charge in [0.2, 0.25) is 0 Å². The zero-order valence-electron chi connectivity index (χ0n) is 14.9. The number of rotatable bonds is 4. The van der Waals surface area contributed by atoms with E-state index >= 15 is 0 Å². The topological polar surface area (TPSA) is 27.6 Å². The van der Waals surface area contributed by atoms with Crippen molar-refractivity contribution in [1.82, 2.24) is 4.90 Å². The van der Waals surface area contributed by atoms with Crippen LogP contribution in [-0.2, 0) is 6.42 Å². The third-order valence-corrected chi connectivity index (χ3v) is 4.04. The molecule has 3 nitrogen and oxygen atoms in total. The molecule has 0 bridgehead atoms. The molecular weight excluding hydrogens is 306 g/mol. The first-order valence-electron chi connectivity index (χ1n) is 8.42. The third kappa shape index (κ3) is 6.29. The van der Waals surface area contributed by atoms with Crippen LogP contribution in [0, 0.1) is 12.3 Å². The summed E-state index contributed by atoms with van der Waals surface area (Å²) in [6.07, 6.45) is 11.7. The average molecular weight is 331 g/mol. The van der Waals surface area contributed by atoms with Gasteiger partial charge in [0.15, 0.2) is 0 Å². The Morgan fingerprint density at radius 3 is 2.60 bits per heavy atom. The van der Waals surface area contributed by atoms with E-state index in [1.807, 2.05) is 42.7 Å². The van der Waals surface area contributed by atoms with E-state index in [1.54, 1.807) is 6.20 Å². The highest BCUT2D eigenvalue weighted by Gasteiger charge is 2.07. The molecule has 0 amide bonds. The molecule has 3 heteroatoms. The van der Waals surface area contributed by atoms with Crippen molar-refractivity contribution in [2.45, 2.75) is 19.4 Å². The predicted molar refractivity (Wildman–Crippen MR) is 108 cm³/mol. The number of para-hydroxylation sites is 1. The molecule has 0 fully saturated rings. The second-order valence-electron chi connectivity index (χ2n) is 5.98. The van der Waals surface area contributed by atoms with Gasteiger partial charge in [-0.05, 0) is 32.0 Å². The Balaban J connectivity index is 0.000000185. The Kier molecular flexibility index (Phi) is 7.49. The highest BCUT2D eigenvalue weighted by atomic mass is 15.1. The fourth-order valence-corrected chi connectivity index (χ4v) is 2.45. The molecule has 1 N–H and O–H groups in total. The number of hydrogen-bond donors (Lipinski definition) is 1. The first-order valence-corrected chi connectivity index (χ1v) is 8.42. The van der Waals surface area contributed by atoms with Gasteiger partial charge in [0.25, 0.3) is 0 Å². The molecule has 1 aliphatic rings. The molecule has 0 saturated carbocycles. The smallest absolute Gasteiger partial charge is 0.0598 e. The van der Waals surface area contributed by atoms with Crippen molar-refractivity contribution in [3.05, 3.63) is 78.1 Å². The summed E-state index contributed by atoms with van der Waals surface area (Å²) >= 11 is 0. The van der Waals surface area contributed by atoms with Gasteiger partial charge in [-0.15, -0.1) is 6.42 Å². The van der Waals surface area contributed by atoms with Crippen LogP contribution in [0.15, 0.2) is 72.0 Å². The second kappa shape index (κ2) is 10.1. The quantitative estimate of drug-likeness (QED) is 0.851. The molecule has 2 aromatic rings. The van der Waals surface area contributed by atoms with Crippen molar-refractivity contribution in [3.63, 3.8) is 0 Å². The summed E-state index contributed by atoms with van der Waals surface area (Å²) < 4.78 is 0. The zero-order chi connectivity index (χ0) is 17.9. The summed E-state index contributed by atoms with van der Waals surface area (Å²) in [5.41, 5.74) is 3.59. The monoisotopic (exact) mass is 331 g/mol. The fourth-order valence-electron chi connectivity index (χ4n) is 2.45. The van der Waals surface area contributed by atoms with Gasteiger partial charge in [-0.25, -0.2) is 0 Å². The van der Waals surface area contributed by atoms with Gasteiger partial charge in [0.1, 0.15) is 0 Å². The van der Waals surface area contributed by atoms with Crippen molar-refractivity contribution in [2.75, 3.05) is 18.9 Å². The summed E-state index contributed by atoms with van der Waals surface area (Å²) in [5.74, 6) is 2.66. The Morgan fingerprint density at radius 1 is 1.12 bits per heavy atom. The molecule has 0 unspecified atom stereocenters. The summed E-state index contributed by atoms with van der Waals surface area (Å²) in [6.45, 7) is 2.92. The summed E-state index contributed by atoms with van der Waals surface area (Å²) in [7, 11) is 2.06. The van der Waals surface area contributed by atoms with Gasteiger partial charge < -0.3 is 5.32 Å². The number of fused-ring (bicyclic) bond motifs is 1. The Morgan fingerprint density at radius 2 is 1.84 bits per heavy atom. The van der Waals surface area contributed by atoms with Crippen LogP contribution in [0.1, 0.15) is 18.1 Å². The van der Waals surface area contributed by atoms with Crippen LogP contribution < -0.4 is 5.32 Å². The van der Waals surface area contributed by atoms with Crippen LogP contribution in [0.4, 0.5) is 5.69 Å². The number of aliphatic imine (C=N–C) groups is 1. The van der Waals surface area contributed by atoms with Crippen molar-refractivity contribution in [1.29, 1.82) is 0 Å². The van der Waals surface area contributed by atoms with E-state index < -0.39 is 0 Å². The minimum atomic E-state index is 0.494. The number of likely N-dealkylation sites (N-methyl/N-ethyl adjacent to an activating group) is 1. The molecular formula is C22H25N3. The predicted octanol–water partition coefficient (Wildman–Crippen LogP) is 4.18. The van der Waals surface area contributed by atoms with E-state index in [1.165, 1.54) is 5.56 Å². The lowest BCUT2D eigenvalue weighted by Crippen LogP contribution is -2.31. The number of terminal acetylenes is 1. The lowest BCUT2D eigenvalue weighted by molar-refractivity contribution is 0.287. The lowest BCUT2D eigenvalue weighted by atomic mass is 10.1. The van der Waals surface area contributed by atoms with Gasteiger partial charge >= 0.3 is 0 Å². The highest BCUT2D eigenvalue weighted by Crippen LogP contribution is 2.14. The van der Waals surface area contributed by atoms with Crippen molar-refractivity contribution >= 4 is 11.9 Å². The first kappa shape index (κ1) is 18.5. The van der Waals surface area contributed by atoms with Gasteiger partial charge in [-0.1, -0.05) is 54.5 Å². The van der Waals surface area contributed by atoms with Crippen LogP contribution in [-0.4, -0.2) is 30.7 Å². The number of hydrogen-bond acceptors (Lipinski definition) is 3. The Hall–Kier alpha value is -2.83. The number of nitrogens with one attached hydrogen (secondary N) is 1. The Labute approximate surface area is 151 Å². The van der Waals surface area contributed by atoms with E-state index in [-0.39, 0.29) is 0 Å². The van der Waals surface area contributed by atoms with Gasteiger partial charge in [0.05, 0.1) is 6.54 Å².